The van der Waals surface area contributed by atoms with Gasteiger partial charge in [0.15, 0.2) is 46.0 Å². The molecule has 0 saturated carbocycles. The van der Waals surface area contributed by atoms with E-state index < -0.39 is 82.6 Å². The largest absolute Gasteiger partial charge is 0.493 e. The molecule has 0 aliphatic carbocycles. The van der Waals surface area contributed by atoms with Crippen molar-refractivity contribution in [1.29, 1.82) is 10.5 Å². The molecule has 0 fully saturated rings. The lowest BCUT2D eigenvalue weighted by atomic mass is 9.74. The van der Waals surface area contributed by atoms with Crippen molar-refractivity contribution in [1.82, 2.24) is 20.4 Å². The Labute approximate surface area is 541 Å². The number of carbonyl (C=O) groups is 4. The van der Waals surface area contributed by atoms with Crippen LogP contribution in [0.15, 0.2) is 72.8 Å². The monoisotopic (exact) mass is 1300 g/mol. The van der Waals surface area contributed by atoms with Gasteiger partial charge in [0.25, 0.3) is 10.2 Å². The molecular formula is C64H88N8O21. The van der Waals surface area contributed by atoms with Gasteiger partial charge in [0.2, 0.25) is 0 Å². The number of esters is 2. The van der Waals surface area contributed by atoms with Crippen LogP contribution < -0.4 is 48.5 Å². The Morgan fingerprint density at radius 3 is 1.14 bits per heavy atom. The Morgan fingerprint density at radius 1 is 0.516 bits per heavy atom. The lowest BCUT2D eigenvalue weighted by Gasteiger charge is -2.30. The molecule has 4 rings (SSSR count). The molecular weight excluding hydrogens is 1220 g/mol. The van der Waals surface area contributed by atoms with Gasteiger partial charge in [-0.3, -0.25) is 19.4 Å². The lowest BCUT2D eigenvalue weighted by Crippen LogP contribution is -2.47. The highest BCUT2D eigenvalue weighted by Crippen LogP contribution is 2.42. The minimum Gasteiger partial charge on any atom is -0.493 e. The number of rotatable bonds is 40. The molecule has 0 heterocycles. The summed E-state index contributed by atoms with van der Waals surface area (Å²) in [6.07, 6.45) is -2.04. The van der Waals surface area contributed by atoms with Crippen LogP contribution in [0.3, 0.4) is 0 Å². The summed E-state index contributed by atoms with van der Waals surface area (Å²) in [5.74, 6) is -4.37. The normalized spacial score (nSPS) is 14.1. The average molecular weight is 1310 g/mol. The van der Waals surface area contributed by atoms with E-state index in [1.807, 2.05) is 66.1 Å². The average Bonchev–Trinajstić information content (AvgIpc) is 0.850. The van der Waals surface area contributed by atoms with Crippen molar-refractivity contribution >= 4 is 23.8 Å². The molecule has 8 atom stereocenters. The molecule has 4 aromatic carbocycles. The summed E-state index contributed by atoms with van der Waals surface area (Å²) in [6.45, 7) is 10.6. The van der Waals surface area contributed by atoms with Crippen molar-refractivity contribution in [2.45, 2.75) is 141 Å². The van der Waals surface area contributed by atoms with Crippen LogP contribution in [0.1, 0.15) is 127 Å². The number of amides is 2. The molecule has 0 aromatic heterocycles. The van der Waals surface area contributed by atoms with Gasteiger partial charge in [0, 0.05) is 25.2 Å². The van der Waals surface area contributed by atoms with E-state index in [1.165, 1.54) is 40.2 Å². The van der Waals surface area contributed by atoms with E-state index in [0.29, 0.717) is 85.7 Å². The third-order valence-corrected chi connectivity index (χ3v) is 15.7. The van der Waals surface area contributed by atoms with Crippen LogP contribution in [0, 0.1) is 42.9 Å². The zero-order valence-electron chi connectivity index (χ0n) is 55.2. The number of nitriles is 2. The maximum Gasteiger partial charge on any atom is 0.421 e. The Morgan fingerprint density at radius 2 is 0.839 bits per heavy atom. The second-order valence-corrected chi connectivity index (χ2v) is 21.8. The van der Waals surface area contributed by atoms with Gasteiger partial charge in [-0.1, -0.05) is 51.0 Å². The molecule has 29 nitrogen and oxygen atoms in total. The van der Waals surface area contributed by atoms with E-state index in [-0.39, 0.29) is 40.6 Å². The second-order valence-electron chi connectivity index (χ2n) is 21.8. The minimum absolute atomic E-state index is 0. The number of nitrogens with one attached hydrogen (secondary N) is 2. The third-order valence-electron chi connectivity index (χ3n) is 15.7. The summed E-state index contributed by atoms with van der Waals surface area (Å²) < 4.78 is 55.7. The number of hydrogen-bond acceptors (Lipinski definition) is 24. The number of hydrogen-bond donors (Lipinski definition) is 2. The Kier molecular flexibility index (Phi) is 31.5. The zero-order chi connectivity index (χ0) is 68.3. The van der Waals surface area contributed by atoms with Crippen LogP contribution >= 0.6 is 0 Å². The molecule has 93 heavy (non-hydrogen) atoms. The lowest BCUT2D eigenvalue weighted by molar-refractivity contribution is -0.767. The molecule has 4 aromatic rings. The highest BCUT2D eigenvalue weighted by Gasteiger charge is 2.37. The molecule has 0 spiro atoms. The molecule has 2 amide bonds. The first-order valence-electron chi connectivity index (χ1n) is 29.8. The van der Waals surface area contributed by atoms with E-state index >= 15 is 0 Å². The fraction of sp³-hybridized carbons (Fsp3) is 0.531. The van der Waals surface area contributed by atoms with Gasteiger partial charge >= 0.3 is 36.3 Å². The summed E-state index contributed by atoms with van der Waals surface area (Å²) >= 11 is 0. The number of ether oxygens (including phenoxy) is 10. The number of nitrogens with zero attached hydrogens (tertiary/aromatic N) is 6. The maximum absolute atomic E-state index is 13.8. The van der Waals surface area contributed by atoms with Crippen molar-refractivity contribution in [2.24, 2.45) is 0 Å². The quantitative estimate of drug-likeness (QED) is 0.0142. The van der Waals surface area contributed by atoms with E-state index in [0.717, 1.165) is 24.0 Å². The zero-order valence-corrected chi connectivity index (χ0v) is 55.2. The topological polar surface area (TPSA) is 375 Å². The molecule has 0 aliphatic heterocycles. The van der Waals surface area contributed by atoms with Crippen molar-refractivity contribution < 1.29 is 91.9 Å². The Hall–Kier alpha value is -9.58. The fourth-order valence-corrected chi connectivity index (χ4v) is 10.3. The van der Waals surface area contributed by atoms with Crippen molar-refractivity contribution in [3.8, 4) is 58.1 Å². The van der Waals surface area contributed by atoms with Gasteiger partial charge in [-0.15, -0.1) is 20.2 Å². The maximum atomic E-state index is 13.8. The first kappa shape index (κ1) is 77.7. The highest BCUT2D eigenvalue weighted by atomic mass is 17.0. The van der Waals surface area contributed by atoms with Crippen LogP contribution in [0.2, 0.25) is 0 Å². The van der Waals surface area contributed by atoms with Gasteiger partial charge in [0.1, 0.15) is 12.2 Å². The summed E-state index contributed by atoms with van der Waals surface area (Å²) in [4.78, 5) is 90.4. The fourth-order valence-electron chi connectivity index (χ4n) is 10.3. The molecule has 4 N–H and O–H groups in total. The van der Waals surface area contributed by atoms with Crippen LogP contribution in [0.5, 0.6) is 46.0 Å². The second kappa shape index (κ2) is 37.7. The summed E-state index contributed by atoms with van der Waals surface area (Å²) in [7, 11) is 12.6. The predicted molar refractivity (Wildman–Crippen MR) is 336 cm³/mol. The first-order chi connectivity index (χ1) is 43.8. The Balaban J connectivity index is 0.0000226. The Bertz CT molecular complexity index is 3010. The predicted octanol–water partition coefficient (Wildman–Crippen LogP) is 7.61. The van der Waals surface area contributed by atoms with E-state index in [1.54, 1.807) is 64.8 Å². The van der Waals surface area contributed by atoms with Crippen LogP contribution in [0.4, 0.5) is 0 Å². The first-order valence-corrected chi connectivity index (χ1v) is 29.8. The number of methoxy groups -OCH3 is 6. The van der Waals surface area contributed by atoms with Gasteiger partial charge in [0.05, 0.1) is 65.6 Å². The number of benzene rings is 4. The van der Waals surface area contributed by atoms with Gasteiger partial charge < -0.3 is 73.2 Å². The molecule has 0 radical (unpaired) electrons. The number of carbonyl (C=O) groups excluding carboxylic acids is 4. The minimum atomic E-state index is -2.34. The van der Waals surface area contributed by atoms with Crippen LogP contribution in [-0.2, 0) is 49.2 Å². The van der Waals surface area contributed by atoms with E-state index in [9.17, 15) is 49.9 Å². The molecule has 0 bridgehead atoms. The third kappa shape index (κ3) is 21.8. The molecule has 510 valence electrons. The van der Waals surface area contributed by atoms with Crippen LogP contribution in [0.25, 0.3) is 0 Å². The van der Waals surface area contributed by atoms with E-state index in [2.05, 4.69) is 42.2 Å². The standard InChI is InChI=1S/C64H86N8O20.H2O/c1-15-27-63(39-65,47-21-25-49(81-9)55(35-47)85-13)29-17-31-69(7)43(5)45-19-23-51(53(33-45)83-11)87-61(57(73)67-37-41(3)91-71(77)78)89-59(75)60(76)90-62(58(74)68-38-42(4)92-72(79)80)88-52-24-20-46(34-54(52)84-12)44(6)70(8)32-18-30-64(40-66,28-16-2)48-22-26-50(82-10)56(36-48)86-14;/h19-26,33-36,41-44,61-62H,15-18,27-32,37-38H2,1-14H3,(H,67,73)(H,68,74);1H2. The SMILES string of the molecule is CCCC(C#N)(CCCN(C)C(C)c1ccc(OC(OC(=O)C(=O)OC(Oc2ccc(C(C)N(C)CCCC(C#N)(CCC)c3ccc(OC)c(OC)c3)cc2OC)C(=O)NCC(C)O[N+](=O)[O-])C(=O)NCC(C)O[N+](=O)[O-])c(OC)c1)c1ccc(OC)c(OC)c1.O. The van der Waals surface area contributed by atoms with Gasteiger partial charge in [-0.2, -0.15) is 10.5 Å². The van der Waals surface area contributed by atoms with Crippen molar-refractivity contribution in [3.63, 3.8) is 0 Å². The smallest absolute Gasteiger partial charge is 0.421 e. The molecule has 29 heteroatoms. The molecule has 0 saturated heterocycles. The summed E-state index contributed by atoms with van der Waals surface area (Å²) in [5, 5.41) is 45.8. The van der Waals surface area contributed by atoms with Gasteiger partial charge in [-0.25, -0.2) is 9.59 Å². The van der Waals surface area contributed by atoms with Crippen LogP contribution in [-0.4, -0.2) is 157 Å². The highest BCUT2D eigenvalue weighted by molar-refractivity contribution is 6.30. The molecule has 0 aliphatic rings. The molecule has 8 unspecified atom stereocenters. The van der Waals surface area contributed by atoms with Gasteiger partial charge in [-0.05, 0) is 164 Å². The summed E-state index contributed by atoms with van der Waals surface area (Å²) in [5.41, 5.74) is 1.46. The summed E-state index contributed by atoms with van der Waals surface area (Å²) in [6, 6.07) is 25.1. The van der Waals surface area contributed by atoms with Crippen molar-refractivity contribution in [3.05, 3.63) is 115 Å². The van der Waals surface area contributed by atoms with Crippen molar-refractivity contribution in [2.75, 3.05) is 82.9 Å². The van der Waals surface area contributed by atoms with E-state index in [4.69, 9.17) is 47.4 Å².